The molecular weight excluding hydrogens is 286 g/mol. The predicted molar refractivity (Wildman–Crippen MR) is 89.5 cm³/mol. The van der Waals surface area contributed by atoms with Gasteiger partial charge in [-0.2, -0.15) is 0 Å². The second kappa shape index (κ2) is 4.58. The van der Waals surface area contributed by atoms with Gasteiger partial charge in [0, 0.05) is 17.0 Å². The van der Waals surface area contributed by atoms with Gasteiger partial charge in [-0.05, 0) is 30.3 Å². The summed E-state index contributed by atoms with van der Waals surface area (Å²) in [7, 11) is 0. The molecule has 5 nitrogen and oxygen atoms in total. The summed E-state index contributed by atoms with van der Waals surface area (Å²) in [5.41, 5.74) is 3.46. The van der Waals surface area contributed by atoms with E-state index in [0.29, 0.717) is 5.82 Å². The van der Waals surface area contributed by atoms with Crippen molar-refractivity contribution in [3.05, 3.63) is 66.9 Å². The molecule has 0 radical (unpaired) electrons. The molecule has 0 aliphatic rings. The molecule has 5 aromatic rings. The highest BCUT2D eigenvalue weighted by Gasteiger charge is 2.08. The van der Waals surface area contributed by atoms with Crippen molar-refractivity contribution in [2.24, 2.45) is 0 Å². The van der Waals surface area contributed by atoms with Crippen molar-refractivity contribution in [3.63, 3.8) is 0 Å². The lowest BCUT2D eigenvalue weighted by atomic mass is 10.1. The van der Waals surface area contributed by atoms with Gasteiger partial charge in [-0.25, -0.2) is 4.98 Å². The molecule has 0 aliphatic carbocycles. The van der Waals surface area contributed by atoms with Crippen LogP contribution in [0, 0.1) is 0 Å². The third-order valence-corrected chi connectivity index (χ3v) is 3.91. The Balaban J connectivity index is 1.80. The summed E-state index contributed by atoms with van der Waals surface area (Å²) in [4.78, 5) is 10.8. The van der Waals surface area contributed by atoms with E-state index >= 15 is 0 Å². The number of benzene rings is 2. The van der Waals surface area contributed by atoms with E-state index < -0.39 is 0 Å². The third kappa shape index (κ3) is 1.87. The molecule has 23 heavy (non-hydrogen) atoms. The molecule has 0 N–H and O–H groups in total. The quantitative estimate of drug-likeness (QED) is 0.444. The molecule has 3 aromatic heterocycles. The van der Waals surface area contributed by atoms with Gasteiger partial charge in [0.2, 0.25) is 0 Å². The smallest absolute Gasteiger partial charge is 0.175 e. The maximum Gasteiger partial charge on any atom is 0.175 e. The molecule has 5 heteroatoms. The number of rotatable bonds is 1. The molecule has 0 bridgehead atoms. The standard InChI is InChI=1S/C18H11N5/c1-2-6-15-14(5-1)21-23(22-15)16-10-9-13-8-7-12-4-3-11-19-17(12)18(13)20-16/h1-11H. The summed E-state index contributed by atoms with van der Waals surface area (Å²) < 4.78 is 0. The summed E-state index contributed by atoms with van der Waals surface area (Å²) in [6.07, 6.45) is 1.79. The number of aromatic nitrogens is 5. The summed E-state index contributed by atoms with van der Waals surface area (Å²) in [6, 6.07) is 19.8. The molecule has 2 aromatic carbocycles. The number of nitrogens with zero attached hydrogens (tertiary/aromatic N) is 5. The average molecular weight is 297 g/mol. The van der Waals surface area contributed by atoms with Crippen molar-refractivity contribution in [2.75, 3.05) is 0 Å². The third-order valence-electron chi connectivity index (χ3n) is 3.91. The molecule has 5 rings (SSSR count). The first-order valence-electron chi connectivity index (χ1n) is 7.35. The molecule has 0 saturated carbocycles. The van der Waals surface area contributed by atoms with E-state index in [-0.39, 0.29) is 0 Å². The highest BCUT2D eigenvalue weighted by atomic mass is 15.5. The first-order valence-corrected chi connectivity index (χ1v) is 7.35. The minimum absolute atomic E-state index is 0.687. The molecule has 0 atom stereocenters. The topological polar surface area (TPSA) is 56.5 Å². The number of fused-ring (bicyclic) bond motifs is 4. The lowest BCUT2D eigenvalue weighted by molar-refractivity contribution is 0.745. The van der Waals surface area contributed by atoms with E-state index in [1.807, 2.05) is 48.5 Å². The molecule has 0 spiro atoms. The van der Waals surface area contributed by atoms with E-state index in [1.165, 1.54) is 0 Å². The van der Waals surface area contributed by atoms with Crippen molar-refractivity contribution < 1.29 is 0 Å². The van der Waals surface area contributed by atoms with Gasteiger partial charge in [0.25, 0.3) is 0 Å². The van der Waals surface area contributed by atoms with Crippen LogP contribution in [-0.4, -0.2) is 25.0 Å². The number of hydrogen-bond donors (Lipinski definition) is 0. The van der Waals surface area contributed by atoms with Gasteiger partial charge >= 0.3 is 0 Å². The minimum atomic E-state index is 0.687. The minimum Gasteiger partial charge on any atom is -0.254 e. The normalized spacial score (nSPS) is 11.5. The van der Waals surface area contributed by atoms with Crippen LogP contribution < -0.4 is 0 Å². The Hall–Kier alpha value is -3.34. The number of hydrogen-bond acceptors (Lipinski definition) is 4. The van der Waals surface area contributed by atoms with Gasteiger partial charge in [-0.15, -0.1) is 15.0 Å². The first kappa shape index (κ1) is 12.2. The van der Waals surface area contributed by atoms with Crippen LogP contribution in [0.15, 0.2) is 66.9 Å². The fourth-order valence-electron chi connectivity index (χ4n) is 2.79. The van der Waals surface area contributed by atoms with Crippen LogP contribution >= 0.6 is 0 Å². The number of pyridine rings is 2. The maximum atomic E-state index is 4.74. The van der Waals surface area contributed by atoms with Crippen LogP contribution in [-0.2, 0) is 0 Å². The van der Waals surface area contributed by atoms with E-state index in [9.17, 15) is 0 Å². The Morgan fingerprint density at radius 1 is 0.652 bits per heavy atom. The highest BCUT2D eigenvalue weighted by Crippen LogP contribution is 2.23. The largest absolute Gasteiger partial charge is 0.254 e. The van der Waals surface area contributed by atoms with Crippen LogP contribution in [0.25, 0.3) is 38.7 Å². The van der Waals surface area contributed by atoms with E-state index in [2.05, 4.69) is 27.3 Å². The molecule has 0 aliphatic heterocycles. The van der Waals surface area contributed by atoms with Crippen LogP contribution in [0.2, 0.25) is 0 Å². The van der Waals surface area contributed by atoms with Gasteiger partial charge < -0.3 is 0 Å². The van der Waals surface area contributed by atoms with Crippen molar-refractivity contribution in [1.29, 1.82) is 0 Å². The maximum absolute atomic E-state index is 4.74. The van der Waals surface area contributed by atoms with E-state index in [4.69, 9.17) is 4.98 Å². The zero-order chi connectivity index (χ0) is 15.2. The lowest BCUT2D eigenvalue weighted by Gasteiger charge is -2.04. The Kier molecular flexibility index (Phi) is 2.43. The molecule has 108 valence electrons. The summed E-state index contributed by atoms with van der Waals surface area (Å²) in [6.45, 7) is 0. The van der Waals surface area contributed by atoms with Gasteiger partial charge in [0.1, 0.15) is 11.0 Å². The Morgan fingerprint density at radius 3 is 2.13 bits per heavy atom. The SMILES string of the molecule is c1cnc2c(c1)ccc1ccc(-n3nc4ccccc4n3)nc12. The van der Waals surface area contributed by atoms with Crippen molar-refractivity contribution in [3.8, 4) is 5.82 Å². The van der Waals surface area contributed by atoms with E-state index in [1.54, 1.807) is 11.0 Å². The highest BCUT2D eigenvalue weighted by molar-refractivity contribution is 6.02. The fourth-order valence-corrected chi connectivity index (χ4v) is 2.79. The van der Waals surface area contributed by atoms with Gasteiger partial charge in [0.05, 0.1) is 11.0 Å². The Labute approximate surface area is 131 Å². The predicted octanol–water partition coefficient (Wildman–Crippen LogP) is 3.52. The first-order chi connectivity index (χ1) is 11.4. The molecule has 0 fully saturated rings. The summed E-state index contributed by atoms with van der Waals surface area (Å²) in [5.74, 6) is 0.687. The van der Waals surface area contributed by atoms with Crippen LogP contribution in [0.5, 0.6) is 0 Å². The zero-order valence-electron chi connectivity index (χ0n) is 12.1. The van der Waals surface area contributed by atoms with Crippen molar-refractivity contribution in [1.82, 2.24) is 25.0 Å². The molecule has 0 unspecified atom stereocenters. The van der Waals surface area contributed by atoms with E-state index in [0.717, 1.165) is 32.8 Å². The monoisotopic (exact) mass is 297 g/mol. The summed E-state index contributed by atoms with van der Waals surface area (Å²) in [5, 5.41) is 11.1. The van der Waals surface area contributed by atoms with Crippen molar-refractivity contribution in [2.45, 2.75) is 0 Å². The summed E-state index contributed by atoms with van der Waals surface area (Å²) >= 11 is 0. The van der Waals surface area contributed by atoms with Crippen LogP contribution in [0.3, 0.4) is 0 Å². The molecule has 3 heterocycles. The van der Waals surface area contributed by atoms with Gasteiger partial charge in [-0.3, -0.25) is 4.98 Å². The molecule has 0 amide bonds. The second-order valence-electron chi connectivity index (χ2n) is 5.36. The van der Waals surface area contributed by atoms with Gasteiger partial charge in [-0.1, -0.05) is 30.3 Å². The second-order valence-corrected chi connectivity index (χ2v) is 5.36. The van der Waals surface area contributed by atoms with Crippen LogP contribution in [0.4, 0.5) is 0 Å². The Bertz CT molecular complexity index is 1140. The van der Waals surface area contributed by atoms with Gasteiger partial charge in [0.15, 0.2) is 5.82 Å². The zero-order valence-corrected chi connectivity index (χ0v) is 12.1. The Morgan fingerprint density at radius 2 is 1.35 bits per heavy atom. The fraction of sp³-hybridized carbons (Fsp3) is 0. The average Bonchev–Trinajstić information content (AvgIpc) is 3.05. The molecule has 0 saturated heterocycles. The molecular formula is C18H11N5. The van der Waals surface area contributed by atoms with Crippen LogP contribution in [0.1, 0.15) is 0 Å². The lowest BCUT2D eigenvalue weighted by Crippen LogP contribution is -2.01. The van der Waals surface area contributed by atoms with Crippen molar-refractivity contribution >= 4 is 32.8 Å².